The third-order valence-electron chi connectivity index (χ3n) is 3.72. The van der Waals surface area contributed by atoms with Crippen LogP contribution in [0.3, 0.4) is 0 Å². The van der Waals surface area contributed by atoms with Crippen LogP contribution in [0.4, 0.5) is 5.82 Å². The van der Waals surface area contributed by atoms with Crippen molar-refractivity contribution in [1.82, 2.24) is 15.3 Å². The van der Waals surface area contributed by atoms with Gasteiger partial charge in [0.05, 0.1) is 5.69 Å². The van der Waals surface area contributed by atoms with Crippen molar-refractivity contribution in [3.05, 3.63) is 51.9 Å². The maximum absolute atomic E-state index is 6.05. The largest absolute Gasteiger partial charge is 0.373 e. The van der Waals surface area contributed by atoms with Gasteiger partial charge >= 0.3 is 0 Å². The van der Waals surface area contributed by atoms with Crippen LogP contribution in [0.5, 0.6) is 0 Å². The van der Waals surface area contributed by atoms with Gasteiger partial charge in [-0.3, -0.25) is 0 Å². The second-order valence-corrected chi connectivity index (χ2v) is 5.66. The Labute approximate surface area is 130 Å². The van der Waals surface area contributed by atoms with Crippen molar-refractivity contribution >= 4 is 17.4 Å². The Hall–Kier alpha value is -1.65. The average molecular weight is 303 g/mol. The SMILES string of the molecule is CNc1nc(Cc2cccc(Cl)c2)nc2c1CCNCC2. The first-order chi connectivity index (χ1) is 10.3. The molecule has 5 heteroatoms. The van der Waals surface area contributed by atoms with Gasteiger partial charge in [0.25, 0.3) is 0 Å². The van der Waals surface area contributed by atoms with Crippen LogP contribution in [0.25, 0.3) is 0 Å². The third kappa shape index (κ3) is 3.34. The zero-order valence-electron chi connectivity index (χ0n) is 12.1. The van der Waals surface area contributed by atoms with E-state index in [0.717, 1.165) is 53.9 Å². The standard InChI is InChI=1S/C16H19ClN4/c1-18-16-13-5-7-19-8-6-14(13)20-15(21-16)10-11-3-2-4-12(17)9-11/h2-4,9,19H,5-8,10H2,1H3,(H,18,20,21). The van der Waals surface area contributed by atoms with E-state index < -0.39 is 0 Å². The Morgan fingerprint density at radius 2 is 2.10 bits per heavy atom. The lowest BCUT2D eigenvalue weighted by atomic mass is 10.1. The predicted molar refractivity (Wildman–Crippen MR) is 86.1 cm³/mol. The van der Waals surface area contributed by atoms with E-state index in [1.807, 2.05) is 25.2 Å². The number of anilines is 1. The molecule has 1 aliphatic heterocycles. The fourth-order valence-corrected chi connectivity index (χ4v) is 2.92. The molecule has 0 bridgehead atoms. The van der Waals surface area contributed by atoms with Crippen molar-refractivity contribution in [3.63, 3.8) is 0 Å². The van der Waals surface area contributed by atoms with Crippen LogP contribution in [-0.4, -0.2) is 30.1 Å². The minimum atomic E-state index is 0.704. The van der Waals surface area contributed by atoms with Crippen molar-refractivity contribution in [1.29, 1.82) is 0 Å². The van der Waals surface area contributed by atoms with Crippen molar-refractivity contribution < 1.29 is 0 Å². The topological polar surface area (TPSA) is 49.8 Å². The number of halogens is 1. The van der Waals surface area contributed by atoms with Gasteiger partial charge in [0, 0.05) is 37.0 Å². The highest BCUT2D eigenvalue weighted by molar-refractivity contribution is 6.30. The summed E-state index contributed by atoms with van der Waals surface area (Å²) in [6, 6.07) is 7.87. The highest BCUT2D eigenvalue weighted by atomic mass is 35.5. The molecule has 4 nitrogen and oxygen atoms in total. The van der Waals surface area contributed by atoms with E-state index in [1.165, 1.54) is 5.56 Å². The maximum Gasteiger partial charge on any atom is 0.135 e. The molecule has 0 saturated heterocycles. The van der Waals surface area contributed by atoms with Gasteiger partial charge < -0.3 is 10.6 Å². The maximum atomic E-state index is 6.05. The minimum Gasteiger partial charge on any atom is -0.373 e. The number of benzene rings is 1. The summed E-state index contributed by atoms with van der Waals surface area (Å²) < 4.78 is 0. The van der Waals surface area contributed by atoms with Crippen molar-refractivity contribution in [3.8, 4) is 0 Å². The molecule has 2 heterocycles. The smallest absolute Gasteiger partial charge is 0.135 e. The van der Waals surface area contributed by atoms with Crippen LogP contribution in [-0.2, 0) is 19.3 Å². The number of nitrogens with zero attached hydrogens (tertiary/aromatic N) is 2. The Morgan fingerprint density at radius 1 is 1.24 bits per heavy atom. The summed E-state index contributed by atoms with van der Waals surface area (Å²) in [5, 5.41) is 7.37. The van der Waals surface area contributed by atoms with Crippen molar-refractivity contribution in [2.45, 2.75) is 19.3 Å². The summed E-state index contributed by atoms with van der Waals surface area (Å²) in [5.74, 6) is 1.81. The molecule has 0 atom stereocenters. The molecule has 0 saturated carbocycles. The molecule has 3 rings (SSSR count). The van der Waals surface area contributed by atoms with E-state index in [4.69, 9.17) is 16.6 Å². The summed E-state index contributed by atoms with van der Waals surface area (Å²) in [6.07, 6.45) is 2.63. The zero-order valence-corrected chi connectivity index (χ0v) is 12.9. The van der Waals surface area contributed by atoms with Gasteiger partial charge in [-0.1, -0.05) is 23.7 Å². The summed E-state index contributed by atoms with van der Waals surface area (Å²) in [5.41, 5.74) is 3.55. The van der Waals surface area contributed by atoms with Gasteiger partial charge in [-0.25, -0.2) is 9.97 Å². The van der Waals surface area contributed by atoms with E-state index in [0.29, 0.717) is 6.42 Å². The Morgan fingerprint density at radius 3 is 2.90 bits per heavy atom. The minimum absolute atomic E-state index is 0.704. The highest BCUT2D eigenvalue weighted by Gasteiger charge is 2.16. The summed E-state index contributed by atoms with van der Waals surface area (Å²) in [7, 11) is 1.92. The van der Waals surface area contributed by atoms with Crippen LogP contribution in [0.15, 0.2) is 24.3 Å². The normalized spacial score (nSPS) is 14.4. The molecule has 0 fully saturated rings. The number of fused-ring (bicyclic) bond motifs is 1. The van der Waals surface area contributed by atoms with E-state index in [9.17, 15) is 0 Å². The predicted octanol–water partition coefficient (Wildman–Crippen LogP) is 2.45. The van der Waals surface area contributed by atoms with Crippen LogP contribution in [0, 0.1) is 0 Å². The van der Waals surface area contributed by atoms with Crippen LogP contribution in [0.1, 0.15) is 22.6 Å². The second-order valence-electron chi connectivity index (χ2n) is 5.22. The zero-order chi connectivity index (χ0) is 14.7. The van der Waals surface area contributed by atoms with Gasteiger partial charge in [-0.05, 0) is 30.7 Å². The summed E-state index contributed by atoms with van der Waals surface area (Å²) >= 11 is 6.05. The molecule has 1 aromatic carbocycles. The van der Waals surface area contributed by atoms with Gasteiger partial charge in [0.1, 0.15) is 11.6 Å². The quantitative estimate of drug-likeness (QED) is 0.914. The monoisotopic (exact) mass is 302 g/mol. The lowest BCUT2D eigenvalue weighted by molar-refractivity contribution is 0.708. The van der Waals surface area contributed by atoms with Crippen molar-refractivity contribution in [2.24, 2.45) is 0 Å². The first kappa shape index (κ1) is 14.3. The van der Waals surface area contributed by atoms with Gasteiger partial charge in [0.15, 0.2) is 0 Å². The Kier molecular flexibility index (Phi) is 4.36. The van der Waals surface area contributed by atoms with Gasteiger partial charge in [0.2, 0.25) is 0 Å². The first-order valence-electron chi connectivity index (χ1n) is 7.28. The van der Waals surface area contributed by atoms with Crippen LogP contribution in [0.2, 0.25) is 5.02 Å². The lowest BCUT2D eigenvalue weighted by Gasteiger charge is -2.12. The molecular weight excluding hydrogens is 284 g/mol. The van der Waals surface area contributed by atoms with E-state index in [2.05, 4.69) is 21.7 Å². The van der Waals surface area contributed by atoms with E-state index in [1.54, 1.807) is 0 Å². The number of hydrogen-bond donors (Lipinski definition) is 2. The molecule has 0 aliphatic carbocycles. The molecule has 21 heavy (non-hydrogen) atoms. The number of rotatable bonds is 3. The number of hydrogen-bond acceptors (Lipinski definition) is 4. The molecule has 1 aromatic heterocycles. The molecule has 2 aromatic rings. The van der Waals surface area contributed by atoms with Crippen LogP contribution < -0.4 is 10.6 Å². The average Bonchev–Trinajstić information content (AvgIpc) is 2.71. The molecular formula is C16H19ClN4. The molecule has 0 amide bonds. The van der Waals surface area contributed by atoms with Gasteiger partial charge in [-0.15, -0.1) is 0 Å². The second kappa shape index (κ2) is 6.41. The molecule has 1 aliphatic rings. The van der Waals surface area contributed by atoms with Crippen molar-refractivity contribution in [2.75, 3.05) is 25.5 Å². The molecule has 0 unspecified atom stereocenters. The highest BCUT2D eigenvalue weighted by Crippen LogP contribution is 2.21. The van der Waals surface area contributed by atoms with Crippen LogP contribution >= 0.6 is 11.6 Å². The third-order valence-corrected chi connectivity index (χ3v) is 3.95. The Balaban J connectivity index is 1.94. The number of nitrogens with one attached hydrogen (secondary N) is 2. The molecule has 110 valence electrons. The first-order valence-corrected chi connectivity index (χ1v) is 7.65. The summed E-state index contributed by atoms with van der Waals surface area (Å²) in [4.78, 5) is 9.45. The van der Waals surface area contributed by atoms with Gasteiger partial charge in [-0.2, -0.15) is 0 Å². The fourth-order valence-electron chi connectivity index (χ4n) is 2.71. The lowest BCUT2D eigenvalue weighted by Crippen LogP contribution is -2.16. The van der Waals surface area contributed by atoms with E-state index in [-0.39, 0.29) is 0 Å². The summed E-state index contributed by atoms with van der Waals surface area (Å²) in [6.45, 7) is 1.96. The number of aromatic nitrogens is 2. The molecule has 0 spiro atoms. The fraction of sp³-hybridized carbons (Fsp3) is 0.375. The Bertz CT molecular complexity index is 642. The van der Waals surface area contributed by atoms with E-state index >= 15 is 0 Å². The molecule has 2 N–H and O–H groups in total. The molecule has 0 radical (unpaired) electrons.